The van der Waals surface area contributed by atoms with E-state index in [2.05, 4.69) is 4.90 Å². The number of pyridine rings is 1. The Morgan fingerprint density at radius 2 is 2.05 bits per heavy atom. The molecule has 1 heterocycles. The van der Waals surface area contributed by atoms with Crippen LogP contribution >= 0.6 is 0 Å². The van der Waals surface area contributed by atoms with E-state index in [1.54, 1.807) is 11.7 Å². The molecule has 0 bridgehead atoms. The molecule has 108 valence electrons. The molecule has 5 nitrogen and oxygen atoms in total. The van der Waals surface area contributed by atoms with Gasteiger partial charge in [0.1, 0.15) is 5.82 Å². The van der Waals surface area contributed by atoms with Crippen molar-refractivity contribution in [1.29, 1.82) is 0 Å². The highest BCUT2D eigenvalue weighted by atomic mass is 16.5. The summed E-state index contributed by atoms with van der Waals surface area (Å²) in [5.74, 6) is 0.508. The Labute approximate surface area is 118 Å². The molecular weight excluding hydrogens is 254 g/mol. The molecule has 0 fully saturated rings. The number of hydrogen-bond acceptors (Lipinski definition) is 4. The van der Waals surface area contributed by atoms with Crippen LogP contribution in [0.1, 0.15) is 0 Å². The zero-order chi connectivity index (χ0) is 14.5. The highest BCUT2D eigenvalue weighted by molar-refractivity contribution is 5.83. The number of nitrogens with two attached hydrogens (primary N) is 1. The Morgan fingerprint density at radius 1 is 1.30 bits per heavy atom. The van der Waals surface area contributed by atoms with E-state index in [0.717, 1.165) is 18.5 Å². The van der Waals surface area contributed by atoms with Gasteiger partial charge in [0.25, 0.3) is 5.56 Å². The quantitative estimate of drug-likeness (QED) is 0.859. The van der Waals surface area contributed by atoms with Crippen LogP contribution < -0.4 is 11.3 Å². The van der Waals surface area contributed by atoms with Crippen LogP contribution in [-0.4, -0.2) is 43.3 Å². The van der Waals surface area contributed by atoms with E-state index < -0.39 is 0 Å². The fourth-order valence-electron chi connectivity index (χ4n) is 2.18. The van der Waals surface area contributed by atoms with E-state index in [0.29, 0.717) is 24.4 Å². The molecule has 1 aromatic carbocycles. The molecule has 0 amide bonds. The van der Waals surface area contributed by atoms with Crippen molar-refractivity contribution in [2.24, 2.45) is 0 Å². The van der Waals surface area contributed by atoms with Gasteiger partial charge < -0.3 is 15.4 Å². The number of ether oxygens (including phenoxy) is 1. The molecule has 0 radical (unpaired) electrons. The van der Waals surface area contributed by atoms with E-state index in [1.807, 2.05) is 37.4 Å². The minimum atomic E-state index is -0.0271. The highest BCUT2D eigenvalue weighted by Gasteiger charge is 2.07. The van der Waals surface area contributed by atoms with E-state index in [-0.39, 0.29) is 5.56 Å². The summed E-state index contributed by atoms with van der Waals surface area (Å²) in [6, 6.07) is 9.37. The number of fused-ring (bicyclic) bond motifs is 1. The van der Waals surface area contributed by atoms with Crippen LogP contribution in [0.15, 0.2) is 35.1 Å². The lowest BCUT2D eigenvalue weighted by Gasteiger charge is -2.18. The number of benzene rings is 1. The smallest absolute Gasteiger partial charge is 0.260 e. The van der Waals surface area contributed by atoms with Crippen molar-refractivity contribution in [3.63, 3.8) is 0 Å². The fraction of sp³-hybridized carbons (Fsp3) is 0.400. The lowest BCUT2D eigenvalue weighted by atomic mass is 10.1. The summed E-state index contributed by atoms with van der Waals surface area (Å²) in [6.07, 6.45) is 0. The number of rotatable bonds is 6. The summed E-state index contributed by atoms with van der Waals surface area (Å²) in [5.41, 5.74) is 5.97. The average Bonchev–Trinajstić information content (AvgIpc) is 2.45. The van der Waals surface area contributed by atoms with Gasteiger partial charge in [-0.25, -0.2) is 0 Å². The number of nitrogen functional groups attached to an aromatic ring is 1. The number of likely N-dealkylation sites (N-methyl/N-ethyl adjacent to an activating group) is 1. The number of methoxy groups -OCH3 is 1. The van der Waals surface area contributed by atoms with Crippen LogP contribution in [0.5, 0.6) is 0 Å². The maximum atomic E-state index is 12.4. The largest absolute Gasteiger partial charge is 0.385 e. The second kappa shape index (κ2) is 6.54. The van der Waals surface area contributed by atoms with Crippen LogP contribution in [0.2, 0.25) is 0 Å². The molecule has 0 saturated carbocycles. The first-order valence-corrected chi connectivity index (χ1v) is 6.69. The van der Waals surface area contributed by atoms with E-state index in [9.17, 15) is 4.79 Å². The molecule has 0 aliphatic rings. The zero-order valence-electron chi connectivity index (χ0n) is 12.0. The number of aromatic nitrogens is 1. The second-order valence-corrected chi connectivity index (χ2v) is 4.91. The number of hydrogen-bond donors (Lipinski definition) is 1. The normalized spacial score (nSPS) is 11.3. The van der Waals surface area contributed by atoms with Crippen molar-refractivity contribution in [2.75, 3.05) is 39.6 Å². The van der Waals surface area contributed by atoms with Gasteiger partial charge in [0.15, 0.2) is 0 Å². The summed E-state index contributed by atoms with van der Waals surface area (Å²) in [4.78, 5) is 14.5. The van der Waals surface area contributed by atoms with Crippen molar-refractivity contribution >= 4 is 16.6 Å². The van der Waals surface area contributed by atoms with Gasteiger partial charge in [-0.15, -0.1) is 0 Å². The SMILES string of the molecule is COCCN(C)CCn1c(N)cc2ccccc2c1=O. The topological polar surface area (TPSA) is 60.5 Å². The van der Waals surface area contributed by atoms with Crippen LogP contribution in [0.4, 0.5) is 5.82 Å². The Hall–Kier alpha value is -1.85. The van der Waals surface area contributed by atoms with Crippen LogP contribution in [-0.2, 0) is 11.3 Å². The van der Waals surface area contributed by atoms with Crippen molar-refractivity contribution in [1.82, 2.24) is 9.47 Å². The molecule has 2 N–H and O–H groups in total. The fourth-order valence-corrected chi connectivity index (χ4v) is 2.18. The summed E-state index contributed by atoms with van der Waals surface area (Å²) in [7, 11) is 3.68. The molecule has 2 aromatic rings. The molecule has 0 aliphatic carbocycles. The third-order valence-corrected chi connectivity index (χ3v) is 3.43. The monoisotopic (exact) mass is 275 g/mol. The van der Waals surface area contributed by atoms with Gasteiger partial charge in [-0.3, -0.25) is 9.36 Å². The Morgan fingerprint density at radius 3 is 2.80 bits per heavy atom. The number of nitrogens with zero attached hydrogens (tertiary/aromatic N) is 2. The van der Waals surface area contributed by atoms with Gasteiger partial charge >= 0.3 is 0 Å². The third-order valence-electron chi connectivity index (χ3n) is 3.43. The van der Waals surface area contributed by atoms with E-state index in [1.165, 1.54) is 0 Å². The van der Waals surface area contributed by atoms with Gasteiger partial charge in [0.2, 0.25) is 0 Å². The maximum Gasteiger partial charge on any atom is 0.260 e. The lowest BCUT2D eigenvalue weighted by molar-refractivity contribution is 0.159. The van der Waals surface area contributed by atoms with Crippen LogP contribution in [0.3, 0.4) is 0 Å². The number of anilines is 1. The van der Waals surface area contributed by atoms with Crippen LogP contribution in [0, 0.1) is 0 Å². The van der Waals surface area contributed by atoms with Gasteiger partial charge in [0.05, 0.1) is 6.61 Å². The Balaban J connectivity index is 2.20. The summed E-state index contributed by atoms with van der Waals surface area (Å²) >= 11 is 0. The predicted molar refractivity (Wildman–Crippen MR) is 82.0 cm³/mol. The summed E-state index contributed by atoms with van der Waals surface area (Å²) in [6.45, 7) is 2.85. The van der Waals surface area contributed by atoms with Crippen molar-refractivity contribution in [3.8, 4) is 0 Å². The van der Waals surface area contributed by atoms with Crippen molar-refractivity contribution in [2.45, 2.75) is 6.54 Å². The summed E-state index contributed by atoms with van der Waals surface area (Å²) < 4.78 is 6.67. The van der Waals surface area contributed by atoms with Gasteiger partial charge in [-0.1, -0.05) is 18.2 Å². The van der Waals surface area contributed by atoms with Crippen molar-refractivity contribution < 1.29 is 4.74 Å². The average molecular weight is 275 g/mol. The molecule has 0 spiro atoms. The third kappa shape index (κ3) is 3.18. The molecule has 0 unspecified atom stereocenters. The molecular formula is C15H21N3O2. The molecule has 20 heavy (non-hydrogen) atoms. The highest BCUT2D eigenvalue weighted by Crippen LogP contribution is 2.13. The Bertz CT molecular complexity index is 637. The standard InChI is InChI=1S/C15H21N3O2/c1-17(9-10-20-2)7-8-18-14(16)11-12-5-3-4-6-13(12)15(18)19/h3-6,11H,7-10,16H2,1-2H3. The molecule has 5 heteroatoms. The minimum absolute atomic E-state index is 0.0271. The van der Waals surface area contributed by atoms with Gasteiger partial charge in [-0.05, 0) is 24.6 Å². The first-order valence-electron chi connectivity index (χ1n) is 6.69. The molecule has 0 atom stereocenters. The van der Waals surface area contributed by atoms with Gasteiger partial charge in [-0.2, -0.15) is 0 Å². The zero-order valence-corrected chi connectivity index (χ0v) is 12.0. The second-order valence-electron chi connectivity index (χ2n) is 4.91. The van der Waals surface area contributed by atoms with Gasteiger partial charge in [0, 0.05) is 32.1 Å². The molecule has 0 aliphatic heterocycles. The van der Waals surface area contributed by atoms with Crippen molar-refractivity contribution in [3.05, 3.63) is 40.7 Å². The molecule has 0 saturated heterocycles. The van der Waals surface area contributed by atoms with E-state index in [4.69, 9.17) is 10.5 Å². The predicted octanol–water partition coefficient (Wildman–Crippen LogP) is 1.16. The first kappa shape index (κ1) is 14.6. The van der Waals surface area contributed by atoms with E-state index >= 15 is 0 Å². The maximum absolute atomic E-state index is 12.4. The first-order chi connectivity index (χ1) is 9.63. The molecule has 2 rings (SSSR count). The van der Waals surface area contributed by atoms with Crippen LogP contribution in [0.25, 0.3) is 10.8 Å². The summed E-state index contributed by atoms with van der Waals surface area (Å²) in [5, 5.41) is 1.60. The lowest BCUT2D eigenvalue weighted by Crippen LogP contribution is -2.31. The molecule has 1 aromatic heterocycles. The minimum Gasteiger partial charge on any atom is -0.385 e. The Kier molecular flexibility index (Phi) is 4.76.